The molecule has 0 bridgehead atoms. The zero-order valence-electron chi connectivity index (χ0n) is 19.5. The van der Waals surface area contributed by atoms with E-state index in [0.29, 0.717) is 12.8 Å². The number of allylic oxidation sites excluding steroid dienone is 2. The van der Waals surface area contributed by atoms with Gasteiger partial charge in [-0.1, -0.05) is 64.0 Å². The molecule has 0 aromatic carbocycles. The standard InChI is InChI=1S/C24H42NO6P/c1-2-3-4-5-6-7-8-9-10-11-12-13-14-15-16-24(26)25-23(21-31-32(27,28)29)19-22-17-18-30-20-22/h9-10,17-18,20,23H,2-8,11-16,19,21H2,1H3,(H,25,26)(H2,27,28,29)/b10-9-/t23-/m0/s1. The Morgan fingerprint density at radius 2 is 1.69 bits per heavy atom. The predicted octanol–water partition coefficient (Wildman–Crippen LogP) is 6.06. The van der Waals surface area contributed by atoms with Crippen molar-refractivity contribution in [1.29, 1.82) is 0 Å². The number of hydrogen-bond acceptors (Lipinski definition) is 4. The Bertz CT molecular complexity index is 655. The quantitative estimate of drug-likeness (QED) is 0.121. The number of hydrogen-bond donors (Lipinski definition) is 3. The van der Waals surface area contributed by atoms with E-state index in [9.17, 15) is 9.36 Å². The van der Waals surface area contributed by atoms with Crippen molar-refractivity contribution < 1.29 is 28.1 Å². The Balaban J connectivity index is 2.10. The van der Waals surface area contributed by atoms with Gasteiger partial charge in [-0.2, -0.15) is 0 Å². The average molecular weight is 472 g/mol. The second kappa shape index (κ2) is 18.1. The Hall–Kier alpha value is -1.40. The maximum Gasteiger partial charge on any atom is 0.469 e. The van der Waals surface area contributed by atoms with Crippen LogP contribution >= 0.6 is 7.82 Å². The number of rotatable bonds is 20. The van der Waals surface area contributed by atoms with Gasteiger partial charge in [0.1, 0.15) is 0 Å². The van der Waals surface area contributed by atoms with Gasteiger partial charge >= 0.3 is 7.82 Å². The Morgan fingerprint density at radius 3 is 2.28 bits per heavy atom. The molecule has 0 radical (unpaired) electrons. The molecular weight excluding hydrogens is 429 g/mol. The van der Waals surface area contributed by atoms with Crippen LogP contribution < -0.4 is 5.32 Å². The molecule has 184 valence electrons. The van der Waals surface area contributed by atoms with Crippen LogP contribution in [0.15, 0.2) is 35.2 Å². The van der Waals surface area contributed by atoms with Gasteiger partial charge < -0.3 is 19.5 Å². The van der Waals surface area contributed by atoms with Crippen LogP contribution in [-0.4, -0.2) is 28.3 Å². The summed E-state index contributed by atoms with van der Waals surface area (Å²) in [7, 11) is -4.59. The third-order valence-corrected chi connectivity index (χ3v) is 5.77. The summed E-state index contributed by atoms with van der Waals surface area (Å²) in [4.78, 5) is 30.1. The first-order valence-corrected chi connectivity index (χ1v) is 13.6. The molecule has 1 atom stereocenters. The monoisotopic (exact) mass is 471 g/mol. The van der Waals surface area contributed by atoms with Gasteiger partial charge in [-0.05, 0) is 50.2 Å². The minimum atomic E-state index is -4.59. The zero-order chi connectivity index (χ0) is 23.5. The molecule has 8 heteroatoms. The van der Waals surface area contributed by atoms with E-state index < -0.39 is 13.9 Å². The summed E-state index contributed by atoms with van der Waals surface area (Å²) < 4.78 is 20.6. The van der Waals surface area contributed by atoms with E-state index in [-0.39, 0.29) is 12.5 Å². The van der Waals surface area contributed by atoms with E-state index in [4.69, 9.17) is 14.2 Å². The van der Waals surface area contributed by atoms with Crippen LogP contribution in [0.1, 0.15) is 96.0 Å². The van der Waals surface area contributed by atoms with Crippen LogP contribution in [0.3, 0.4) is 0 Å². The van der Waals surface area contributed by atoms with Gasteiger partial charge in [-0.25, -0.2) is 4.57 Å². The molecule has 1 rings (SSSR count). The number of carbonyl (C=O) groups excluding carboxylic acids is 1. The zero-order valence-corrected chi connectivity index (χ0v) is 20.4. The molecule has 0 aliphatic heterocycles. The van der Waals surface area contributed by atoms with Crippen molar-refractivity contribution in [2.24, 2.45) is 0 Å². The fourth-order valence-electron chi connectivity index (χ4n) is 3.51. The third kappa shape index (κ3) is 17.2. The van der Waals surface area contributed by atoms with Crippen molar-refractivity contribution in [1.82, 2.24) is 5.32 Å². The number of unbranched alkanes of at least 4 members (excludes halogenated alkanes) is 10. The van der Waals surface area contributed by atoms with E-state index in [2.05, 4.69) is 28.9 Å². The van der Waals surface area contributed by atoms with Crippen LogP contribution in [0.2, 0.25) is 0 Å². The number of amides is 1. The molecule has 0 fully saturated rings. The van der Waals surface area contributed by atoms with Crippen molar-refractivity contribution in [2.45, 2.75) is 103 Å². The van der Waals surface area contributed by atoms with Crippen molar-refractivity contribution >= 4 is 13.7 Å². The second-order valence-corrected chi connectivity index (χ2v) is 9.61. The smallest absolute Gasteiger partial charge is 0.469 e. The van der Waals surface area contributed by atoms with Crippen LogP contribution in [0.5, 0.6) is 0 Å². The molecule has 1 heterocycles. The highest BCUT2D eigenvalue weighted by Crippen LogP contribution is 2.35. The summed E-state index contributed by atoms with van der Waals surface area (Å²) in [6, 6.07) is 1.23. The minimum Gasteiger partial charge on any atom is -0.472 e. The summed E-state index contributed by atoms with van der Waals surface area (Å²) in [5, 5.41) is 2.81. The molecule has 3 N–H and O–H groups in total. The topological polar surface area (TPSA) is 109 Å². The van der Waals surface area contributed by atoms with E-state index in [1.807, 2.05) is 0 Å². The average Bonchev–Trinajstić information content (AvgIpc) is 3.25. The van der Waals surface area contributed by atoms with Crippen LogP contribution in [0, 0.1) is 0 Å². The maximum absolute atomic E-state index is 12.2. The number of nitrogens with one attached hydrogen (secondary N) is 1. The Morgan fingerprint density at radius 1 is 1.06 bits per heavy atom. The summed E-state index contributed by atoms with van der Waals surface area (Å²) in [5.41, 5.74) is 0.828. The van der Waals surface area contributed by atoms with Gasteiger partial charge in [-0.15, -0.1) is 0 Å². The van der Waals surface area contributed by atoms with Gasteiger partial charge in [0.15, 0.2) is 0 Å². The normalized spacial score (nSPS) is 13.0. The summed E-state index contributed by atoms with van der Waals surface area (Å²) in [5.74, 6) is -0.133. The number of carbonyl (C=O) groups is 1. The molecule has 0 aliphatic rings. The lowest BCUT2D eigenvalue weighted by atomic mass is 10.1. The van der Waals surface area contributed by atoms with Crippen molar-refractivity contribution in [3.63, 3.8) is 0 Å². The van der Waals surface area contributed by atoms with Crippen molar-refractivity contribution in [3.05, 3.63) is 36.3 Å². The molecule has 0 saturated heterocycles. The Labute approximate surface area is 193 Å². The largest absolute Gasteiger partial charge is 0.472 e. The lowest BCUT2D eigenvalue weighted by Crippen LogP contribution is -2.39. The first-order chi connectivity index (χ1) is 15.4. The van der Waals surface area contributed by atoms with Gasteiger partial charge in [0.05, 0.1) is 25.2 Å². The number of furan rings is 1. The first kappa shape index (κ1) is 28.6. The summed E-state index contributed by atoms with van der Waals surface area (Å²) in [6.07, 6.45) is 22.7. The molecule has 0 spiro atoms. The lowest BCUT2D eigenvalue weighted by molar-refractivity contribution is -0.122. The lowest BCUT2D eigenvalue weighted by Gasteiger charge is -2.18. The molecule has 0 saturated carbocycles. The third-order valence-electron chi connectivity index (χ3n) is 5.29. The number of phosphoric acid groups is 1. The van der Waals surface area contributed by atoms with Gasteiger partial charge in [-0.3, -0.25) is 9.32 Å². The fourth-order valence-corrected chi connectivity index (χ4v) is 3.89. The highest BCUT2D eigenvalue weighted by molar-refractivity contribution is 7.46. The van der Waals surface area contributed by atoms with E-state index in [1.165, 1.54) is 51.2 Å². The van der Waals surface area contributed by atoms with E-state index in [0.717, 1.165) is 37.7 Å². The van der Waals surface area contributed by atoms with E-state index >= 15 is 0 Å². The number of phosphoric ester groups is 1. The molecule has 1 aromatic rings. The van der Waals surface area contributed by atoms with Crippen LogP contribution in [0.25, 0.3) is 0 Å². The minimum absolute atomic E-state index is 0.133. The van der Waals surface area contributed by atoms with Crippen molar-refractivity contribution in [2.75, 3.05) is 6.61 Å². The van der Waals surface area contributed by atoms with Crippen LogP contribution in [-0.2, 0) is 20.3 Å². The van der Waals surface area contributed by atoms with Gasteiger partial charge in [0.2, 0.25) is 5.91 Å². The van der Waals surface area contributed by atoms with E-state index in [1.54, 1.807) is 12.3 Å². The first-order valence-electron chi connectivity index (χ1n) is 12.1. The summed E-state index contributed by atoms with van der Waals surface area (Å²) >= 11 is 0. The molecule has 1 amide bonds. The van der Waals surface area contributed by atoms with Gasteiger partial charge in [0, 0.05) is 6.42 Å². The molecule has 32 heavy (non-hydrogen) atoms. The molecular formula is C24H42NO6P. The maximum atomic E-state index is 12.2. The summed E-state index contributed by atoms with van der Waals surface area (Å²) in [6.45, 7) is 1.98. The van der Waals surface area contributed by atoms with Crippen molar-refractivity contribution in [3.8, 4) is 0 Å². The highest BCUT2D eigenvalue weighted by Gasteiger charge is 2.20. The second-order valence-electron chi connectivity index (χ2n) is 8.37. The predicted molar refractivity (Wildman–Crippen MR) is 127 cm³/mol. The molecule has 0 unspecified atom stereocenters. The molecule has 7 nitrogen and oxygen atoms in total. The molecule has 1 aromatic heterocycles. The SMILES string of the molecule is CCCCCCCC/C=C\CCCCCCC(=O)N[C@H](COP(=O)(O)O)Cc1ccoc1. The molecule has 0 aliphatic carbocycles. The van der Waals surface area contributed by atoms with Crippen LogP contribution in [0.4, 0.5) is 0 Å². The highest BCUT2D eigenvalue weighted by atomic mass is 31.2. The van der Waals surface area contributed by atoms with Gasteiger partial charge in [0.25, 0.3) is 0 Å². The fraction of sp³-hybridized carbons (Fsp3) is 0.708. The Kier molecular flexibility index (Phi) is 16.2.